The monoisotopic (exact) mass is 413 g/mol. The maximum Gasteiger partial charge on any atom is 0.268 e. The van der Waals surface area contributed by atoms with Gasteiger partial charge in [-0.25, -0.2) is 0 Å². The molecule has 0 unspecified atom stereocenters. The first kappa shape index (κ1) is 21.7. The Labute approximate surface area is 177 Å². The molecule has 1 aromatic heterocycles. The van der Waals surface area contributed by atoms with Crippen LogP contribution in [-0.4, -0.2) is 65.0 Å². The molecule has 5 nitrogen and oxygen atoms in total. The second kappa shape index (κ2) is 9.63. The number of aryl methyl sites for hydroxylation is 1. The lowest BCUT2D eigenvalue weighted by molar-refractivity contribution is 0.0642. The van der Waals surface area contributed by atoms with Gasteiger partial charge in [0.15, 0.2) is 0 Å². The number of pyridine rings is 1. The zero-order chi connectivity index (χ0) is 21.0. The first-order valence-corrected chi connectivity index (χ1v) is 11.6. The maximum atomic E-state index is 13.3. The summed E-state index contributed by atoms with van der Waals surface area (Å²) in [7, 11) is 0. The van der Waals surface area contributed by atoms with Gasteiger partial charge in [0.2, 0.25) is 0 Å². The number of rotatable bonds is 6. The van der Waals surface area contributed by atoms with Crippen LogP contribution in [0.2, 0.25) is 0 Å². The third-order valence-electron chi connectivity index (χ3n) is 5.60. The molecule has 0 bridgehead atoms. The summed E-state index contributed by atoms with van der Waals surface area (Å²) in [5, 5.41) is 0. The van der Waals surface area contributed by atoms with Crippen LogP contribution < -0.4 is 5.56 Å². The highest BCUT2D eigenvalue weighted by Gasteiger charge is 2.25. The van der Waals surface area contributed by atoms with Crippen molar-refractivity contribution in [3.63, 3.8) is 0 Å². The minimum atomic E-state index is -0.235. The molecule has 1 aromatic carbocycles. The van der Waals surface area contributed by atoms with Gasteiger partial charge in [-0.15, -0.1) is 0 Å². The third kappa shape index (κ3) is 4.93. The third-order valence-corrected chi connectivity index (χ3v) is 6.19. The quantitative estimate of drug-likeness (QED) is 0.728. The van der Waals surface area contributed by atoms with E-state index in [1.54, 1.807) is 10.8 Å². The van der Waals surface area contributed by atoms with Crippen LogP contribution in [0.4, 0.5) is 0 Å². The summed E-state index contributed by atoms with van der Waals surface area (Å²) >= 11 is 1.84. The summed E-state index contributed by atoms with van der Waals surface area (Å²) in [6.45, 7) is 10.2. The number of aromatic nitrogens is 1. The van der Waals surface area contributed by atoms with Crippen molar-refractivity contribution < 1.29 is 4.79 Å². The van der Waals surface area contributed by atoms with E-state index in [-0.39, 0.29) is 11.5 Å². The van der Waals surface area contributed by atoms with Crippen LogP contribution >= 0.6 is 11.8 Å². The van der Waals surface area contributed by atoms with E-state index in [4.69, 9.17) is 0 Å². The molecule has 2 heterocycles. The molecular weight excluding hydrogens is 382 g/mol. The molecule has 1 aliphatic heterocycles. The Morgan fingerprint density at radius 2 is 1.86 bits per heavy atom. The molecule has 0 aliphatic carbocycles. The van der Waals surface area contributed by atoms with Crippen LogP contribution in [0.25, 0.3) is 5.69 Å². The summed E-state index contributed by atoms with van der Waals surface area (Å²) in [6, 6.07) is 9.84. The predicted molar refractivity (Wildman–Crippen MR) is 122 cm³/mol. The minimum absolute atomic E-state index is 0.147. The number of hydrogen-bond acceptors (Lipinski definition) is 4. The van der Waals surface area contributed by atoms with E-state index in [1.807, 2.05) is 47.9 Å². The average Bonchev–Trinajstić information content (AvgIpc) is 2.72. The van der Waals surface area contributed by atoms with Gasteiger partial charge in [-0.05, 0) is 48.4 Å². The topological polar surface area (TPSA) is 45.5 Å². The van der Waals surface area contributed by atoms with E-state index in [1.165, 1.54) is 5.56 Å². The van der Waals surface area contributed by atoms with Crippen LogP contribution in [0.1, 0.15) is 41.3 Å². The van der Waals surface area contributed by atoms with Crippen molar-refractivity contribution in [2.75, 3.05) is 44.7 Å². The summed E-state index contributed by atoms with van der Waals surface area (Å²) in [4.78, 5) is 30.7. The lowest BCUT2D eigenvalue weighted by Gasteiger charge is -2.34. The van der Waals surface area contributed by atoms with Gasteiger partial charge < -0.3 is 4.90 Å². The van der Waals surface area contributed by atoms with Gasteiger partial charge in [-0.3, -0.25) is 19.1 Å². The molecule has 1 aliphatic rings. The van der Waals surface area contributed by atoms with Crippen molar-refractivity contribution in [2.45, 2.75) is 26.7 Å². The summed E-state index contributed by atoms with van der Waals surface area (Å²) in [5.74, 6) is 1.33. The smallest absolute Gasteiger partial charge is 0.268 e. The average molecular weight is 414 g/mol. The van der Waals surface area contributed by atoms with Crippen molar-refractivity contribution in [3.05, 3.63) is 63.6 Å². The Bertz CT molecular complexity index is 915. The SMILES string of the molecule is CSCCN1CCN(C(=O)c2c(C)ccn(-c3cccc(C(C)C)c3)c2=O)CC1. The highest BCUT2D eigenvalue weighted by atomic mass is 32.2. The normalized spacial score (nSPS) is 15.1. The Hall–Kier alpha value is -2.05. The molecule has 1 amide bonds. The number of amides is 1. The maximum absolute atomic E-state index is 13.3. The molecule has 1 fully saturated rings. The zero-order valence-corrected chi connectivity index (χ0v) is 18.7. The second-order valence-electron chi connectivity index (χ2n) is 7.93. The van der Waals surface area contributed by atoms with E-state index in [2.05, 4.69) is 31.1 Å². The van der Waals surface area contributed by atoms with Crippen LogP contribution in [-0.2, 0) is 0 Å². The first-order valence-electron chi connectivity index (χ1n) is 10.3. The molecule has 0 N–H and O–H groups in total. The van der Waals surface area contributed by atoms with E-state index in [0.717, 1.165) is 36.6 Å². The Morgan fingerprint density at radius 1 is 1.14 bits per heavy atom. The van der Waals surface area contributed by atoms with Crippen LogP contribution in [0.3, 0.4) is 0 Å². The lowest BCUT2D eigenvalue weighted by Crippen LogP contribution is -2.50. The van der Waals surface area contributed by atoms with Gasteiger partial charge in [-0.1, -0.05) is 26.0 Å². The standard InChI is InChI=1S/C23H31N3O2S/c1-17(2)19-6-5-7-20(16-19)26-9-8-18(3)21(23(26)28)22(27)25-12-10-24(11-13-25)14-15-29-4/h5-9,16-17H,10-15H2,1-4H3. The van der Waals surface area contributed by atoms with Crippen molar-refractivity contribution >= 4 is 17.7 Å². The van der Waals surface area contributed by atoms with E-state index in [0.29, 0.717) is 24.6 Å². The molecular formula is C23H31N3O2S. The highest BCUT2D eigenvalue weighted by molar-refractivity contribution is 7.98. The molecule has 3 rings (SSSR count). The highest BCUT2D eigenvalue weighted by Crippen LogP contribution is 2.18. The molecule has 2 aromatic rings. The molecule has 1 saturated heterocycles. The fourth-order valence-corrected chi connectivity index (χ4v) is 4.12. The molecule has 0 saturated carbocycles. The second-order valence-corrected chi connectivity index (χ2v) is 8.91. The number of piperazine rings is 1. The first-order chi connectivity index (χ1) is 13.9. The van der Waals surface area contributed by atoms with Gasteiger partial charge in [-0.2, -0.15) is 11.8 Å². The Kier molecular flexibility index (Phi) is 7.19. The zero-order valence-electron chi connectivity index (χ0n) is 17.9. The summed E-state index contributed by atoms with van der Waals surface area (Å²) in [5.41, 5.74) is 2.77. The van der Waals surface area contributed by atoms with Gasteiger partial charge >= 0.3 is 0 Å². The fourth-order valence-electron chi connectivity index (χ4n) is 3.68. The molecule has 29 heavy (non-hydrogen) atoms. The number of benzene rings is 1. The van der Waals surface area contributed by atoms with Gasteiger partial charge in [0.25, 0.3) is 11.5 Å². The number of carbonyl (C=O) groups is 1. The largest absolute Gasteiger partial charge is 0.336 e. The molecule has 6 heteroatoms. The van der Waals surface area contributed by atoms with E-state index >= 15 is 0 Å². The molecule has 156 valence electrons. The Balaban J connectivity index is 1.85. The van der Waals surface area contributed by atoms with E-state index < -0.39 is 0 Å². The molecule has 0 atom stereocenters. The van der Waals surface area contributed by atoms with Crippen molar-refractivity contribution in [1.82, 2.24) is 14.4 Å². The number of hydrogen-bond donors (Lipinski definition) is 0. The van der Waals surface area contributed by atoms with Crippen molar-refractivity contribution in [2.24, 2.45) is 0 Å². The van der Waals surface area contributed by atoms with Crippen molar-refractivity contribution in [1.29, 1.82) is 0 Å². The van der Waals surface area contributed by atoms with Gasteiger partial charge in [0, 0.05) is 50.4 Å². The molecule has 0 radical (unpaired) electrons. The molecule has 0 spiro atoms. The predicted octanol–water partition coefficient (Wildman–Crippen LogP) is 3.39. The van der Waals surface area contributed by atoms with Crippen molar-refractivity contribution in [3.8, 4) is 5.69 Å². The lowest BCUT2D eigenvalue weighted by atomic mass is 10.0. The minimum Gasteiger partial charge on any atom is -0.336 e. The van der Waals surface area contributed by atoms with Crippen LogP contribution in [0, 0.1) is 6.92 Å². The summed E-state index contributed by atoms with van der Waals surface area (Å²) < 4.78 is 1.60. The Morgan fingerprint density at radius 3 is 2.52 bits per heavy atom. The fraction of sp³-hybridized carbons (Fsp3) is 0.478. The van der Waals surface area contributed by atoms with Crippen LogP contribution in [0.15, 0.2) is 41.3 Å². The summed E-state index contributed by atoms with van der Waals surface area (Å²) in [6.07, 6.45) is 3.88. The number of carbonyl (C=O) groups excluding carboxylic acids is 1. The van der Waals surface area contributed by atoms with Gasteiger partial charge in [0.1, 0.15) is 5.56 Å². The van der Waals surface area contributed by atoms with E-state index in [9.17, 15) is 9.59 Å². The van der Waals surface area contributed by atoms with Crippen LogP contribution in [0.5, 0.6) is 0 Å². The van der Waals surface area contributed by atoms with Gasteiger partial charge in [0.05, 0.1) is 0 Å². The number of nitrogens with zero attached hydrogens (tertiary/aromatic N) is 3. The number of thioether (sulfide) groups is 1.